The van der Waals surface area contributed by atoms with Crippen molar-refractivity contribution in [3.05, 3.63) is 30.2 Å². The monoisotopic (exact) mass is 239 g/mol. The first kappa shape index (κ1) is 11.4. The third-order valence-electron chi connectivity index (χ3n) is 2.37. The molecular formula is C12H14ClNO2. The average Bonchev–Trinajstić information content (AvgIpc) is 2.68. The molecule has 0 aliphatic rings. The summed E-state index contributed by atoms with van der Waals surface area (Å²) in [6.07, 6.45) is 1.44. The number of methoxy groups -OCH3 is 1. The van der Waals surface area contributed by atoms with E-state index in [9.17, 15) is 0 Å². The maximum Gasteiger partial charge on any atom is 0.196 e. The second kappa shape index (κ2) is 5.32. The third kappa shape index (κ3) is 2.74. The van der Waals surface area contributed by atoms with Gasteiger partial charge >= 0.3 is 0 Å². The normalized spacial score (nSPS) is 13.1. The van der Waals surface area contributed by atoms with Gasteiger partial charge < -0.3 is 9.15 Å². The van der Waals surface area contributed by atoms with E-state index in [1.54, 1.807) is 7.11 Å². The standard InChI is InChI=1S/C12H14ClNO2/c1-15-7-6-9(13)8-12-14-10-4-2-3-5-11(10)16-12/h2-5,9H,6-8H2,1H3. The van der Waals surface area contributed by atoms with Crippen molar-refractivity contribution in [2.45, 2.75) is 18.2 Å². The molecule has 16 heavy (non-hydrogen) atoms. The number of aromatic nitrogens is 1. The van der Waals surface area contributed by atoms with Crippen molar-refractivity contribution >= 4 is 22.7 Å². The van der Waals surface area contributed by atoms with Crippen LogP contribution >= 0.6 is 11.6 Å². The predicted molar refractivity (Wildman–Crippen MR) is 63.8 cm³/mol. The molecule has 1 unspecified atom stereocenters. The average molecular weight is 240 g/mol. The van der Waals surface area contributed by atoms with Gasteiger partial charge in [0.15, 0.2) is 11.5 Å². The summed E-state index contributed by atoms with van der Waals surface area (Å²) < 4.78 is 10.6. The zero-order valence-corrected chi connectivity index (χ0v) is 9.91. The van der Waals surface area contributed by atoms with Crippen molar-refractivity contribution in [1.82, 2.24) is 4.98 Å². The van der Waals surface area contributed by atoms with E-state index in [0.717, 1.165) is 17.5 Å². The van der Waals surface area contributed by atoms with Crippen LogP contribution in [0.1, 0.15) is 12.3 Å². The molecule has 1 heterocycles. The molecule has 4 heteroatoms. The minimum Gasteiger partial charge on any atom is -0.441 e. The Kier molecular flexibility index (Phi) is 3.80. The van der Waals surface area contributed by atoms with Crippen molar-refractivity contribution in [3.8, 4) is 0 Å². The summed E-state index contributed by atoms with van der Waals surface area (Å²) in [6, 6.07) is 7.71. The highest BCUT2D eigenvalue weighted by molar-refractivity contribution is 6.20. The topological polar surface area (TPSA) is 35.3 Å². The van der Waals surface area contributed by atoms with E-state index in [2.05, 4.69) is 4.98 Å². The van der Waals surface area contributed by atoms with Crippen LogP contribution in [-0.4, -0.2) is 24.1 Å². The van der Waals surface area contributed by atoms with Gasteiger partial charge in [0.2, 0.25) is 0 Å². The van der Waals surface area contributed by atoms with Crippen LogP contribution in [0.25, 0.3) is 11.1 Å². The minimum absolute atomic E-state index is 0.00742. The van der Waals surface area contributed by atoms with Gasteiger partial charge in [-0.25, -0.2) is 4.98 Å². The van der Waals surface area contributed by atoms with Crippen LogP contribution < -0.4 is 0 Å². The van der Waals surface area contributed by atoms with E-state index < -0.39 is 0 Å². The Balaban J connectivity index is 2.03. The number of fused-ring (bicyclic) bond motifs is 1. The van der Waals surface area contributed by atoms with Gasteiger partial charge in [-0.15, -0.1) is 11.6 Å². The smallest absolute Gasteiger partial charge is 0.196 e. The summed E-state index contributed by atoms with van der Waals surface area (Å²) in [5.41, 5.74) is 1.70. The summed E-state index contributed by atoms with van der Waals surface area (Å²) in [7, 11) is 1.67. The van der Waals surface area contributed by atoms with Gasteiger partial charge in [0, 0.05) is 25.5 Å². The number of nitrogens with zero attached hydrogens (tertiary/aromatic N) is 1. The fraction of sp³-hybridized carbons (Fsp3) is 0.417. The molecule has 0 aliphatic carbocycles. The molecule has 0 amide bonds. The summed E-state index contributed by atoms with van der Waals surface area (Å²) in [4.78, 5) is 4.37. The van der Waals surface area contributed by atoms with Gasteiger partial charge in [0.25, 0.3) is 0 Å². The highest BCUT2D eigenvalue weighted by Crippen LogP contribution is 2.18. The van der Waals surface area contributed by atoms with E-state index in [4.69, 9.17) is 20.8 Å². The van der Waals surface area contributed by atoms with Gasteiger partial charge in [0.05, 0.1) is 0 Å². The van der Waals surface area contributed by atoms with Crippen LogP contribution in [-0.2, 0) is 11.2 Å². The molecule has 0 radical (unpaired) electrons. The second-order valence-corrected chi connectivity index (χ2v) is 4.28. The number of ether oxygens (including phenoxy) is 1. The first-order valence-electron chi connectivity index (χ1n) is 5.27. The SMILES string of the molecule is COCCC(Cl)Cc1nc2ccccc2o1. The number of rotatable bonds is 5. The lowest BCUT2D eigenvalue weighted by atomic mass is 10.2. The molecule has 1 atom stereocenters. The number of alkyl halides is 1. The lowest BCUT2D eigenvalue weighted by molar-refractivity contribution is 0.193. The van der Waals surface area contributed by atoms with Gasteiger partial charge in [-0.05, 0) is 18.6 Å². The fourth-order valence-corrected chi connectivity index (χ4v) is 1.77. The van der Waals surface area contributed by atoms with E-state index >= 15 is 0 Å². The Morgan fingerprint density at radius 1 is 1.44 bits per heavy atom. The highest BCUT2D eigenvalue weighted by Gasteiger charge is 2.11. The van der Waals surface area contributed by atoms with Crippen molar-refractivity contribution < 1.29 is 9.15 Å². The molecule has 86 valence electrons. The minimum atomic E-state index is 0.00742. The number of oxazole rings is 1. The summed E-state index contributed by atoms with van der Waals surface area (Å²) >= 11 is 6.14. The van der Waals surface area contributed by atoms with E-state index in [1.807, 2.05) is 24.3 Å². The molecule has 0 bridgehead atoms. The molecule has 0 fully saturated rings. The molecule has 0 saturated carbocycles. The van der Waals surface area contributed by atoms with Crippen molar-refractivity contribution in [2.24, 2.45) is 0 Å². The molecule has 0 aliphatic heterocycles. The van der Waals surface area contributed by atoms with Crippen LogP contribution in [0.5, 0.6) is 0 Å². The molecule has 0 N–H and O–H groups in total. The van der Waals surface area contributed by atoms with E-state index in [-0.39, 0.29) is 5.38 Å². The van der Waals surface area contributed by atoms with Crippen LogP contribution in [0.2, 0.25) is 0 Å². The predicted octanol–water partition coefficient (Wildman–Crippen LogP) is 3.01. The lowest BCUT2D eigenvalue weighted by Gasteiger charge is -2.04. The molecule has 2 aromatic rings. The van der Waals surface area contributed by atoms with Gasteiger partial charge in [-0.1, -0.05) is 12.1 Å². The van der Waals surface area contributed by atoms with Gasteiger partial charge in [-0.2, -0.15) is 0 Å². The quantitative estimate of drug-likeness (QED) is 0.753. The number of hydrogen-bond donors (Lipinski definition) is 0. The maximum atomic E-state index is 6.14. The largest absolute Gasteiger partial charge is 0.441 e. The van der Waals surface area contributed by atoms with Crippen molar-refractivity contribution in [2.75, 3.05) is 13.7 Å². The Bertz CT molecular complexity index is 422. The maximum absolute atomic E-state index is 6.14. The lowest BCUT2D eigenvalue weighted by Crippen LogP contribution is -2.06. The van der Waals surface area contributed by atoms with Crippen molar-refractivity contribution in [1.29, 1.82) is 0 Å². The summed E-state index contributed by atoms with van der Waals surface area (Å²) in [6.45, 7) is 0.661. The molecular weight excluding hydrogens is 226 g/mol. The van der Waals surface area contributed by atoms with Crippen molar-refractivity contribution in [3.63, 3.8) is 0 Å². The molecule has 2 rings (SSSR count). The van der Waals surface area contributed by atoms with Gasteiger partial charge in [-0.3, -0.25) is 0 Å². The Morgan fingerprint density at radius 3 is 3.00 bits per heavy atom. The third-order valence-corrected chi connectivity index (χ3v) is 2.74. The van der Waals surface area contributed by atoms with E-state index in [1.165, 1.54) is 0 Å². The molecule has 3 nitrogen and oxygen atoms in total. The number of para-hydroxylation sites is 2. The Hall–Kier alpha value is -1.06. The molecule has 0 spiro atoms. The molecule has 1 aromatic heterocycles. The first-order valence-corrected chi connectivity index (χ1v) is 5.70. The Morgan fingerprint density at radius 2 is 2.25 bits per heavy atom. The second-order valence-electron chi connectivity index (χ2n) is 3.66. The van der Waals surface area contributed by atoms with Crippen LogP contribution in [0, 0.1) is 0 Å². The summed E-state index contributed by atoms with van der Waals surface area (Å²) in [5, 5.41) is 0.00742. The number of benzene rings is 1. The van der Waals surface area contributed by atoms with Crippen LogP contribution in [0.15, 0.2) is 28.7 Å². The first-order chi connectivity index (χ1) is 7.79. The Labute approximate surface area is 99.4 Å². The summed E-state index contributed by atoms with van der Waals surface area (Å²) in [5.74, 6) is 0.692. The zero-order valence-electron chi connectivity index (χ0n) is 9.15. The number of hydrogen-bond acceptors (Lipinski definition) is 3. The molecule has 0 saturated heterocycles. The molecule has 1 aromatic carbocycles. The fourth-order valence-electron chi connectivity index (χ4n) is 1.54. The van der Waals surface area contributed by atoms with E-state index in [0.29, 0.717) is 18.9 Å². The number of halogens is 1. The highest BCUT2D eigenvalue weighted by atomic mass is 35.5. The van der Waals surface area contributed by atoms with Crippen LogP contribution in [0.3, 0.4) is 0 Å². The zero-order chi connectivity index (χ0) is 11.4. The van der Waals surface area contributed by atoms with Gasteiger partial charge in [0.1, 0.15) is 5.52 Å². The van der Waals surface area contributed by atoms with Crippen LogP contribution in [0.4, 0.5) is 0 Å².